The van der Waals surface area contributed by atoms with Crippen molar-refractivity contribution in [3.05, 3.63) is 35.4 Å². The first-order chi connectivity index (χ1) is 10.5. The predicted molar refractivity (Wildman–Crippen MR) is 94.5 cm³/mol. The molecule has 0 spiro atoms. The fraction of sp³-hybridized carbons (Fsp3) is 0.500. The van der Waals surface area contributed by atoms with E-state index < -0.39 is 12.0 Å². The smallest absolute Gasteiger partial charge is 0.327 e. The van der Waals surface area contributed by atoms with Crippen LogP contribution in [-0.2, 0) is 15.3 Å². The monoisotopic (exact) mass is 341 g/mol. The molecule has 0 fully saturated rings. The molecular formula is C16H23NO3S2. The Hall–Kier alpha value is -1.14. The summed E-state index contributed by atoms with van der Waals surface area (Å²) in [7, 11) is 0. The minimum absolute atomic E-state index is 0.235. The maximum absolute atomic E-state index is 12.0. The average Bonchev–Trinajstić information content (AvgIpc) is 2.49. The van der Waals surface area contributed by atoms with E-state index in [1.165, 1.54) is 17.3 Å². The van der Waals surface area contributed by atoms with Gasteiger partial charge in [0.25, 0.3) is 0 Å². The van der Waals surface area contributed by atoms with Crippen LogP contribution in [0.3, 0.4) is 0 Å². The second kappa shape index (κ2) is 9.79. The predicted octanol–water partition coefficient (Wildman–Crippen LogP) is 2.75. The lowest BCUT2D eigenvalue weighted by atomic mass is 10.1. The SMILES string of the molecule is CC[C@H](CS)C(=O)N[C@@H](CSCc1ccc(C)cc1)C(=O)O. The number of hydrogen-bond donors (Lipinski definition) is 3. The van der Waals surface area contributed by atoms with E-state index in [2.05, 4.69) is 17.9 Å². The molecule has 0 aromatic heterocycles. The first kappa shape index (κ1) is 18.9. The van der Waals surface area contributed by atoms with Gasteiger partial charge < -0.3 is 10.4 Å². The molecule has 0 bridgehead atoms. The number of carbonyl (C=O) groups excluding carboxylic acids is 1. The highest BCUT2D eigenvalue weighted by atomic mass is 32.2. The van der Waals surface area contributed by atoms with Gasteiger partial charge in [0.2, 0.25) is 5.91 Å². The van der Waals surface area contributed by atoms with Crippen molar-refractivity contribution < 1.29 is 14.7 Å². The van der Waals surface area contributed by atoms with Crippen LogP contribution in [-0.4, -0.2) is 34.5 Å². The van der Waals surface area contributed by atoms with Gasteiger partial charge in [-0.3, -0.25) is 4.79 Å². The zero-order valence-electron chi connectivity index (χ0n) is 12.9. The molecule has 1 aromatic carbocycles. The molecule has 1 rings (SSSR count). The molecule has 1 aromatic rings. The summed E-state index contributed by atoms with van der Waals surface area (Å²) < 4.78 is 0. The summed E-state index contributed by atoms with van der Waals surface area (Å²) in [6.45, 7) is 3.92. The van der Waals surface area contributed by atoms with Crippen LogP contribution in [0.15, 0.2) is 24.3 Å². The molecule has 2 N–H and O–H groups in total. The van der Waals surface area contributed by atoms with E-state index in [1.54, 1.807) is 0 Å². The van der Waals surface area contributed by atoms with E-state index >= 15 is 0 Å². The number of carbonyl (C=O) groups is 2. The number of nitrogens with one attached hydrogen (secondary N) is 1. The number of hydrogen-bond acceptors (Lipinski definition) is 4. The Labute approximate surface area is 141 Å². The molecule has 2 atom stereocenters. The van der Waals surface area contributed by atoms with Gasteiger partial charge in [0.1, 0.15) is 6.04 Å². The van der Waals surface area contributed by atoms with Crippen molar-refractivity contribution in [3.63, 3.8) is 0 Å². The van der Waals surface area contributed by atoms with Gasteiger partial charge in [-0.2, -0.15) is 24.4 Å². The zero-order chi connectivity index (χ0) is 16.5. The lowest BCUT2D eigenvalue weighted by Crippen LogP contribution is -2.45. The van der Waals surface area contributed by atoms with Crippen LogP contribution in [0.2, 0.25) is 0 Å². The maximum atomic E-state index is 12.0. The summed E-state index contributed by atoms with van der Waals surface area (Å²) in [4.78, 5) is 23.2. The summed E-state index contributed by atoms with van der Waals surface area (Å²) in [5.74, 6) is 0.0132. The number of amides is 1. The molecule has 0 radical (unpaired) electrons. The van der Waals surface area contributed by atoms with Crippen LogP contribution in [0.25, 0.3) is 0 Å². The summed E-state index contributed by atoms with van der Waals surface area (Å²) in [6, 6.07) is 7.27. The van der Waals surface area contributed by atoms with E-state index in [-0.39, 0.29) is 11.8 Å². The second-order valence-corrected chi connectivity index (χ2v) is 6.58. The number of rotatable bonds is 9. The number of thioether (sulfide) groups is 1. The molecule has 0 aliphatic rings. The third kappa shape index (κ3) is 6.32. The number of aryl methyl sites for hydroxylation is 1. The Morgan fingerprint density at radius 2 is 1.95 bits per heavy atom. The van der Waals surface area contributed by atoms with Crippen LogP contribution in [0.5, 0.6) is 0 Å². The molecular weight excluding hydrogens is 318 g/mol. The minimum Gasteiger partial charge on any atom is -0.480 e. The second-order valence-electron chi connectivity index (χ2n) is 5.19. The topological polar surface area (TPSA) is 66.4 Å². The summed E-state index contributed by atoms with van der Waals surface area (Å²) >= 11 is 5.63. The third-order valence-corrected chi connectivity index (χ3v) is 4.92. The largest absolute Gasteiger partial charge is 0.480 e. The van der Waals surface area contributed by atoms with E-state index in [4.69, 9.17) is 0 Å². The van der Waals surface area contributed by atoms with Gasteiger partial charge in [0.05, 0.1) is 0 Å². The number of aliphatic carboxylic acids is 1. The van der Waals surface area contributed by atoms with Crippen LogP contribution in [0.4, 0.5) is 0 Å². The van der Waals surface area contributed by atoms with Gasteiger partial charge in [0, 0.05) is 23.2 Å². The fourth-order valence-electron chi connectivity index (χ4n) is 1.84. The van der Waals surface area contributed by atoms with Crippen molar-refractivity contribution in [1.29, 1.82) is 0 Å². The van der Waals surface area contributed by atoms with Crippen molar-refractivity contribution in [2.24, 2.45) is 5.92 Å². The van der Waals surface area contributed by atoms with Crippen LogP contribution in [0.1, 0.15) is 24.5 Å². The summed E-state index contributed by atoms with van der Waals surface area (Å²) in [6.07, 6.45) is 0.651. The normalized spacial score (nSPS) is 13.4. The molecule has 0 saturated heterocycles. The minimum atomic E-state index is -1.00. The number of benzene rings is 1. The van der Waals surface area contributed by atoms with Crippen LogP contribution in [0, 0.1) is 12.8 Å². The summed E-state index contributed by atoms with van der Waals surface area (Å²) in [5, 5.41) is 11.8. The van der Waals surface area contributed by atoms with Crippen molar-refractivity contribution in [3.8, 4) is 0 Å². The Morgan fingerprint density at radius 1 is 1.32 bits per heavy atom. The quantitative estimate of drug-likeness (QED) is 0.604. The molecule has 122 valence electrons. The van der Waals surface area contributed by atoms with Crippen LogP contribution >= 0.6 is 24.4 Å². The number of carboxylic acid groups (broad SMARTS) is 1. The Kier molecular flexibility index (Phi) is 8.42. The molecule has 0 aliphatic heterocycles. The van der Waals surface area contributed by atoms with E-state index in [0.717, 1.165) is 11.3 Å². The van der Waals surface area contributed by atoms with Gasteiger partial charge in [-0.1, -0.05) is 36.8 Å². The molecule has 0 aliphatic carbocycles. The van der Waals surface area contributed by atoms with E-state index in [9.17, 15) is 14.7 Å². The number of carboxylic acids is 1. The van der Waals surface area contributed by atoms with Gasteiger partial charge in [-0.15, -0.1) is 0 Å². The highest BCUT2D eigenvalue weighted by Crippen LogP contribution is 2.15. The molecule has 0 unspecified atom stereocenters. The van der Waals surface area contributed by atoms with Crippen molar-refractivity contribution >= 4 is 36.3 Å². The van der Waals surface area contributed by atoms with Gasteiger partial charge in [0.15, 0.2) is 0 Å². The molecule has 22 heavy (non-hydrogen) atoms. The van der Waals surface area contributed by atoms with Crippen molar-refractivity contribution in [2.75, 3.05) is 11.5 Å². The molecule has 0 heterocycles. The van der Waals surface area contributed by atoms with Crippen LogP contribution < -0.4 is 5.32 Å². The van der Waals surface area contributed by atoms with Gasteiger partial charge >= 0.3 is 5.97 Å². The fourth-order valence-corrected chi connectivity index (χ4v) is 3.27. The Morgan fingerprint density at radius 3 is 2.45 bits per heavy atom. The molecule has 4 nitrogen and oxygen atoms in total. The Balaban J connectivity index is 2.49. The standard InChI is InChI=1S/C16H23NO3S2/c1-3-13(8-21)15(18)17-14(16(19)20)10-22-9-12-6-4-11(2)5-7-12/h4-7,13-14,21H,3,8-10H2,1-2H3,(H,17,18)(H,19,20)/t13-,14+/m1/s1. The Bertz CT molecular complexity index is 487. The van der Waals surface area contributed by atoms with E-state index in [1.807, 2.05) is 38.1 Å². The zero-order valence-corrected chi connectivity index (χ0v) is 14.6. The highest BCUT2D eigenvalue weighted by molar-refractivity contribution is 7.98. The third-order valence-electron chi connectivity index (χ3n) is 3.37. The van der Waals surface area contributed by atoms with E-state index in [0.29, 0.717) is 17.9 Å². The highest BCUT2D eigenvalue weighted by Gasteiger charge is 2.23. The first-order valence-corrected chi connectivity index (χ1v) is 9.04. The molecule has 1 amide bonds. The van der Waals surface area contributed by atoms with Gasteiger partial charge in [-0.25, -0.2) is 4.79 Å². The molecule has 0 saturated carbocycles. The average molecular weight is 341 g/mol. The first-order valence-electron chi connectivity index (χ1n) is 7.25. The van der Waals surface area contributed by atoms with Gasteiger partial charge in [-0.05, 0) is 18.9 Å². The molecule has 6 heteroatoms. The summed E-state index contributed by atoms with van der Waals surface area (Å²) in [5.41, 5.74) is 2.34. The van der Waals surface area contributed by atoms with Crippen molar-refractivity contribution in [2.45, 2.75) is 32.1 Å². The lowest BCUT2D eigenvalue weighted by Gasteiger charge is -2.18. The lowest BCUT2D eigenvalue weighted by molar-refractivity contribution is -0.141. The van der Waals surface area contributed by atoms with Crippen molar-refractivity contribution in [1.82, 2.24) is 5.32 Å². The number of thiol groups is 1. The maximum Gasteiger partial charge on any atom is 0.327 e.